The molecule has 3 N–H and O–H groups in total. The third-order valence-electron chi connectivity index (χ3n) is 6.24. The quantitative estimate of drug-likeness (QED) is 0.128. The van der Waals surface area contributed by atoms with E-state index in [1.807, 2.05) is 0 Å². The van der Waals surface area contributed by atoms with Gasteiger partial charge in [0.2, 0.25) is 5.91 Å². The summed E-state index contributed by atoms with van der Waals surface area (Å²) in [5.74, 6) is -10.4. The fraction of sp³-hybridized carbons (Fsp3) is 0.192. The number of benzene rings is 3. The van der Waals surface area contributed by atoms with Crippen LogP contribution in [-0.2, 0) is 20.8 Å². The Morgan fingerprint density at radius 1 is 0.886 bits per heavy atom. The Bertz CT molecular complexity index is 1660. The SMILES string of the molecule is O=C(C[S+]([O-])C(F)(F)F)Nc1c(F)ccc(NC(=O)c2cc(NC(=O)[C@H]3[C@H](c4ccc(F)c(Cl)c4)C3(Cl)Cl)ccc2Cl)c1F. The first kappa shape index (κ1) is 34.0. The van der Waals surface area contributed by atoms with Crippen LogP contribution in [0.15, 0.2) is 48.5 Å². The smallest absolute Gasteiger partial charge is 0.573 e. The Morgan fingerprint density at radius 3 is 2.18 bits per heavy atom. The lowest BCUT2D eigenvalue weighted by Crippen LogP contribution is -2.33. The number of anilines is 3. The molecule has 234 valence electrons. The molecule has 3 atom stereocenters. The Labute approximate surface area is 267 Å². The Balaban J connectivity index is 1.48. The highest BCUT2D eigenvalue weighted by Crippen LogP contribution is 2.65. The largest absolute Gasteiger partial charge is 0.609 e. The maximum Gasteiger partial charge on any atom is 0.573 e. The molecular weight excluding hydrogens is 706 g/mol. The second-order valence-electron chi connectivity index (χ2n) is 9.21. The van der Waals surface area contributed by atoms with Crippen molar-refractivity contribution in [2.45, 2.75) is 15.8 Å². The lowest BCUT2D eigenvalue weighted by Gasteiger charge is -2.15. The van der Waals surface area contributed by atoms with Crippen molar-refractivity contribution in [3.63, 3.8) is 0 Å². The van der Waals surface area contributed by atoms with Gasteiger partial charge in [-0.05, 0) is 48.0 Å². The van der Waals surface area contributed by atoms with E-state index in [0.29, 0.717) is 11.6 Å². The van der Waals surface area contributed by atoms with E-state index >= 15 is 0 Å². The van der Waals surface area contributed by atoms with Crippen molar-refractivity contribution in [1.82, 2.24) is 0 Å². The average molecular weight is 721 g/mol. The summed E-state index contributed by atoms with van der Waals surface area (Å²) in [7, 11) is 0. The fourth-order valence-electron chi connectivity index (χ4n) is 4.10. The molecule has 44 heavy (non-hydrogen) atoms. The van der Waals surface area contributed by atoms with Crippen molar-refractivity contribution in [3.05, 3.63) is 87.2 Å². The molecule has 0 saturated heterocycles. The molecule has 1 aliphatic rings. The molecule has 3 aromatic carbocycles. The van der Waals surface area contributed by atoms with Gasteiger partial charge in [0.15, 0.2) is 11.6 Å². The Morgan fingerprint density at radius 2 is 1.55 bits per heavy atom. The van der Waals surface area contributed by atoms with E-state index in [4.69, 9.17) is 46.4 Å². The molecule has 3 aromatic rings. The van der Waals surface area contributed by atoms with Crippen molar-refractivity contribution in [2.75, 3.05) is 21.7 Å². The highest BCUT2D eigenvalue weighted by atomic mass is 35.5. The average Bonchev–Trinajstić information content (AvgIpc) is 3.51. The zero-order valence-electron chi connectivity index (χ0n) is 21.3. The van der Waals surface area contributed by atoms with Crippen LogP contribution in [-0.4, -0.2) is 37.9 Å². The summed E-state index contributed by atoms with van der Waals surface area (Å²) in [6.45, 7) is 0. The first-order chi connectivity index (χ1) is 20.4. The predicted molar refractivity (Wildman–Crippen MR) is 154 cm³/mol. The van der Waals surface area contributed by atoms with Crippen molar-refractivity contribution in [3.8, 4) is 0 Å². The van der Waals surface area contributed by atoms with Gasteiger partial charge in [0, 0.05) is 11.6 Å². The molecule has 1 unspecified atom stereocenters. The molecule has 0 spiro atoms. The number of alkyl halides is 5. The first-order valence-corrected chi connectivity index (χ1v) is 14.7. The van der Waals surface area contributed by atoms with Crippen LogP contribution in [0.1, 0.15) is 21.8 Å². The molecule has 0 bridgehead atoms. The third-order valence-corrected chi connectivity index (χ3v) is 8.84. The topological polar surface area (TPSA) is 110 Å². The molecule has 3 amide bonds. The van der Waals surface area contributed by atoms with Crippen LogP contribution < -0.4 is 16.0 Å². The molecule has 1 fully saturated rings. The Kier molecular flexibility index (Phi) is 9.93. The van der Waals surface area contributed by atoms with Crippen molar-refractivity contribution in [2.24, 2.45) is 5.92 Å². The normalized spacial score (nSPS) is 17.9. The van der Waals surface area contributed by atoms with E-state index in [9.17, 15) is 45.3 Å². The highest BCUT2D eigenvalue weighted by Gasteiger charge is 2.67. The molecule has 0 aromatic heterocycles. The number of amides is 3. The van der Waals surface area contributed by atoms with Gasteiger partial charge in [-0.15, -0.1) is 36.4 Å². The van der Waals surface area contributed by atoms with E-state index in [-0.39, 0.29) is 21.3 Å². The Hall–Kier alpha value is -2.88. The summed E-state index contributed by atoms with van der Waals surface area (Å²) >= 11 is 20.9. The predicted octanol–water partition coefficient (Wildman–Crippen LogP) is 7.40. The second-order valence-corrected chi connectivity index (χ2v) is 12.9. The molecule has 1 saturated carbocycles. The van der Waals surface area contributed by atoms with Crippen molar-refractivity contribution in [1.29, 1.82) is 0 Å². The van der Waals surface area contributed by atoms with Gasteiger partial charge in [-0.3, -0.25) is 14.4 Å². The first-order valence-electron chi connectivity index (χ1n) is 11.9. The van der Waals surface area contributed by atoms with Crippen LogP contribution in [0.25, 0.3) is 0 Å². The fourth-order valence-corrected chi connectivity index (χ4v) is 5.79. The molecule has 1 aliphatic carbocycles. The number of rotatable bonds is 8. The molecule has 0 aliphatic heterocycles. The molecule has 0 radical (unpaired) electrons. The number of hydrogen-bond acceptors (Lipinski definition) is 4. The summed E-state index contributed by atoms with van der Waals surface area (Å²) < 4.78 is 89.7. The van der Waals surface area contributed by atoms with Gasteiger partial charge in [0.25, 0.3) is 11.8 Å². The van der Waals surface area contributed by atoms with E-state index in [2.05, 4.69) is 10.6 Å². The number of nitrogens with one attached hydrogen (secondary N) is 3. The maximum atomic E-state index is 15.0. The number of halogens is 10. The minimum absolute atomic E-state index is 0.0293. The van der Waals surface area contributed by atoms with Gasteiger partial charge in [0.05, 0.1) is 38.4 Å². The van der Waals surface area contributed by atoms with E-state index in [1.165, 1.54) is 24.3 Å². The van der Waals surface area contributed by atoms with E-state index < -0.39 is 85.2 Å². The van der Waals surface area contributed by atoms with E-state index in [1.54, 1.807) is 5.32 Å². The summed E-state index contributed by atoms with van der Waals surface area (Å²) in [5, 5.41) is 5.81. The van der Waals surface area contributed by atoms with Gasteiger partial charge < -0.3 is 20.5 Å². The third kappa shape index (κ3) is 7.32. The monoisotopic (exact) mass is 719 g/mol. The summed E-state index contributed by atoms with van der Waals surface area (Å²) in [4.78, 5) is 37.7. The lowest BCUT2D eigenvalue weighted by molar-refractivity contribution is -0.117. The lowest BCUT2D eigenvalue weighted by atomic mass is 10.1. The molecule has 18 heteroatoms. The molecule has 7 nitrogen and oxygen atoms in total. The summed E-state index contributed by atoms with van der Waals surface area (Å²) in [6.07, 6.45) is 0. The minimum atomic E-state index is -5.23. The zero-order valence-corrected chi connectivity index (χ0v) is 25.1. The highest BCUT2D eigenvalue weighted by molar-refractivity contribution is 7.92. The van der Waals surface area contributed by atoms with Crippen molar-refractivity contribution < 1.29 is 45.3 Å². The number of hydrogen-bond donors (Lipinski definition) is 3. The van der Waals surface area contributed by atoms with Gasteiger partial charge in [-0.1, -0.05) is 29.3 Å². The van der Waals surface area contributed by atoms with Gasteiger partial charge in [-0.25, -0.2) is 13.2 Å². The van der Waals surface area contributed by atoms with Gasteiger partial charge in [0.1, 0.15) is 21.7 Å². The molecule has 0 heterocycles. The van der Waals surface area contributed by atoms with Crippen LogP contribution >= 0.6 is 46.4 Å². The van der Waals surface area contributed by atoms with Crippen LogP contribution in [0, 0.1) is 23.4 Å². The number of carbonyl (C=O) groups excluding carboxylic acids is 3. The number of carbonyl (C=O) groups is 3. The van der Waals surface area contributed by atoms with Gasteiger partial charge in [-0.2, -0.15) is 0 Å². The summed E-state index contributed by atoms with van der Waals surface area (Å²) in [5.41, 5.74) is -7.01. The van der Waals surface area contributed by atoms with Gasteiger partial charge >= 0.3 is 5.51 Å². The molecule has 4 rings (SSSR count). The summed E-state index contributed by atoms with van der Waals surface area (Å²) in [6, 6.07) is 8.78. The van der Waals surface area contributed by atoms with Crippen LogP contribution in [0.3, 0.4) is 0 Å². The van der Waals surface area contributed by atoms with Crippen LogP contribution in [0.5, 0.6) is 0 Å². The van der Waals surface area contributed by atoms with Crippen molar-refractivity contribution >= 4 is 92.4 Å². The minimum Gasteiger partial charge on any atom is -0.609 e. The van der Waals surface area contributed by atoms with Crippen LogP contribution in [0.2, 0.25) is 10.0 Å². The molecular formula is C26H15Cl4F6N3O4S. The standard InChI is InChI=1S/C26H15Cl4F6N3O4S/c27-13-3-2-11(37-24(42)20-19(25(20,29)30)10-1-4-15(31)14(28)7-10)8-12(13)23(41)38-17-6-5-16(32)22(21(17)33)39-18(40)9-44(43)26(34,35)36/h1-8,19-20H,9H2,(H,37,42)(H,38,41)(H,39,40)/t19-,20+,44?/m0/s1. The second kappa shape index (κ2) is 12.9. The maximum absolute atomic E-state index is 15.0. The zero-order chi connectivity index (χ0) is 32.7. The van der Waals surface area contributed by atoms with E-state index in [0.717, 1.165) is 18.2 Å². The van der Waals surface area contributed by atoms with Crippen LogP contribution in [0.4, 0.5) is 43.4 Å².